The van der Waals surface area contributed by atoms with Crippen molar-refractivity contribution in [3.05, 3.63) is 29.3 Å². The third-order valence-electron chi connectivity index (χ3n) is 4.71. The molecule has 1 aromatic rings. The first-order valence-electron chi connectivity index (χ1n) is 8.45. The quantitative estimate of drug-likeness (QED) is 0.851. The van der Waals surface area contributed by atoms with E-state index in [0.29, 0.717) is 5.56 Å². The molecule has 0 aromatic heterocycles. The summed E-state index contributed by atoms with van der Waals surface area (Å²) in [6, 6.07) is 5.77. The van der Waals surface area contributed by atoms with Gasteiger partial charge in [0.2, 0.25) is 0 Å². The fourth-order valence-corrected chi connectivity index (χ4v) is 3.03. The summed E-state index contributed by atoms with van der Waals surface area (Å²) < 4.78 is 0. The zero-order valence-corrected chi connectivity index (χ0v) is 14.1. The second-order valence-corrected chi connectivity index (χ2v) is 6.35. The molecule has 1 saturated heterocycles. The number of hydrogen-bond acceptors (Lipinski definition) is 3. The average Bonchev–Trinajstić information content (AvgIpc) is 2.52. The standard InChI is InChI=1S/C18H29N3O/c1-4-21(5-2)18(22)15-6-7-16(17(19)12-15)13-20-10-8-14(3)9-11-20/h6-7,12,14H,4-5,8-11,13,19H2,1-3H3. The monoisotopic (exact) mass is 303 g/mol. The summed E-state index contributed by atoms with van der Waals surface area (Å²) >= 11 is 0. The molecule has 0 atom stereocenters. The summed E-state index contributed by atoms with van der Waals surface area (Å²) in [7, 11) is 0. The molecule has 0 aliphatic carbocycles. The molecule has 1 heterocycles. The van der Waals surface area contributed by atoms with E-state index in [1.54, 1.807) is 0 Å². The highest BCUT2D eigenvalue weighted by molar-refractivity contribution is 5.95. The molecule has 4 heteroatoms. The van der Waals surface area contributed by atoms with E-state index in [4.69, 9.17) is 5.73 Å². The van der Waals surface area contributed by atoms with Gasteiger partial charge in [-0.15, -0.1) is 0 Å². The number of anilines is 1. The Balaban J connectivity index is 2.05. The normalized spacial score (nSPS) is 16.7. The van der Waals surface area contributed by atoms with E-state index < -0.39 is 0 Å². The van der Waals surface area contributed by atoms with E-state index in [1.807, 2.05) is 36.9 Å². The Labute approximate surface area is 134 Å². The summed E-state index contributed by atoms with van der Waals surface area (Å²) in [5.41, 5.74) is 8.74. The van der Waals surface area contributed by atoms with Crippen LogP contribution in [0, 0.1) is 5.92 Å². The van der Waals surface area contributed by atoms with E-state index in [0.717, 1.165) is 49.9 Å². The van der Waals surface area contributed by atoms with E-state index in [1.165, 1.54) is 12.8 Å². The number of nitrogens with two attached hydrogens (primary N) is 1. The molecule has 1 aliphatic heterocycles. The number of hydrogen-bond donors (Lipinski definition) is 1. The van der Waals surface area contributed by atoms with Crippen LogP contribution in [0.3, 0.4) is 0 Å². The van der Waals surface area contributed by atoms with Crippen molar-refractivity contribution in [1.29, 1.82) is 0 Å². The lowest BCUT2D eigenvalue weighted by Gasteiger charge is -2.30. The number of nitrogen functional groups attached to an aromatic ring is 1. The molecule has 2 N–H and O–H groups in total. The Morgan fingerprint density at radius 2 is 1.91 bits per heavy atom. The van der Waals surface area contributed by atoms with Crippen molar-refractivity contribution in [2.75, 3.05) is 31.9 Å². The van der Waals surface area contributed by atoms with Crippen molar-refractivity contribution in [2.24, 2.45) is 5.92 Å². The van der Waals surface area contributed by atoms with Crippen LogP contribution in [0.1, 0.15) is 49.5 Å². The largest absolute Gasteiger partial charge is 0.398 e. The SMILES string of the molecule is CCN(CC)C(=O)c1ccc(CN2CCC(C)CC2)c(N)c1. The molecule has 22 heavy (non-hydrogen) atoms. The van der Waals surface area contributed by atoms with Crippen LogP contribution >= 0.6 is 0 Å². The number of carbonyl (C=O) groups is 1. The molecular weight excluding hydrogens is 274 g/mol. The Kier molecular flexibility index (Phi) is 5.83. The van der Waals surface area contributed by atoms with Gasteiger partial charge in [0.25, 0.3) is 5.91 Å². The number of nitrogens with zero attached hydrogens (tertiary/aromatic N) is 2. The smallest absolute Gasteiger partial charge is 0.253 e. The highest BCUT2D eigenvalue weighted by atomic mass is 16.2. The molecule has 0 radical (unpaired) electrons. The second-order valence-electron chi connectivity index (χ2n) is 6.35. The molecule has 0 bridgehead atoms. The number of amides is 1. The molecule has 1 aliphatic rings. The zero-order chi connectivity index (χ0) is 16.1. The molecule has 2 rings (SSSR count). The Morgan fingerprint density at radius 3 is 2.45 bits per heavy atom. The van der Waals surface area contributed by atoms with Gasteiger partial charge in [-0.2, -0.15) is 0 Å². The van der Waals surface area contributed by atoms with E-state index in [-0.39, 0.29) is 5.91 Å². The molecule has 1 aromatic carbocycles. The van der Waals surface area contributed by atoms with Gasteiger partial charge in [0.05, 0.1) is 0 Å². The minimum atomic E-state index is 0.0649. The van der Waals surface area contributed by atoms with Crippen LogP contribution < -0.4 is 5.73 Å². The Hall–Kier alpha value is -1.55. The first-order chi connectivity index (χ1) is 10.5. The summed E-state index contributed by atoms with van der Waals surface area (Å²) in [6.07, 6.45) is 2.52. The molecular formula is C18H29N3O. The lowest BCUT2D eigenvalue weighted by molar-refractivity contribution is 0.0773. The third kappa shape index (κ3) is 4.01. The predicted octanol–water partition coefficient (Wildman–Crippen LogP) is 2.98. The first kappa shape index (κ1) is 16.8. The third-order valence-corrected chi connectivity index (χ3v) is 4.71. The summed E-state index contributed by atoms with van der Waals surface area (Å²) in [5.74, 6) is 0.901. The maximum atomic E-state index is 12.4. The van der Waals surface area contributed by atoms with Crippen molar-refractivity contribution in [2.45, 2.75) is 40.2 Å². The highest BCUT2D eigenvalue weighted by Crippen LogP contribution is 2.22. The number of piperidine rings is 1. The molecule has 1 fully saturated rings. The van der Waals surface area contributed by atoms with Crippen LogP contribution in [0.4, 0.5) is 5.69 Å². The van der Waals surface area contributed by atoms with Gasteiger partial charge >= 0.3 is 0 Å². The maximum absolute atomic E-state index is 12.4. The van der Waals surface area contributed by atoms with Gasteiger partial charge in [0.15, 0.2) is 0 Å². The maximum Gasteiger partial charge on any atom is 0.253 e. The van der Waals surface area contributed by atoms with E-state index in [2.05, 4.69) is 11.8 Å². The Bertz CT molecular complexity index is 503. The lowest BCUT2D eigenvalue weighted by Crippen LogP contribution is -2.33. The molecule has 122 valence electrons. The van der Waals surface area contributed by atoms with E-state index >= 15 is 0 Å². The van der Waals surface area contributed by atoms with Crippen LogP contribution in [-0.2, 0) is 6.54 Å². The highest BCUT2D eigenvalue weighted by Gasteiger charge is 2.18. The van der Waals surface area contributed by atoms with Crippen molar-refractivity contribution < 1.29 is 4.79 Å². The number of likely N-dealkylation sites (tertiary alicyclic amines) is 1. The molecule has 1 amide bonds. The van der Waals surface area contributed by atoms with Gasteiger partial charge in [-0.3, -0.25) is 9.69 Å². The number of benzene rings is 1. The average molecular weight is 303 g/mol. The topological polar surface area (TPSA) is 49.6 Å². The number of carbonyl (C=O) groups excluding carboxylic acids is 1. The van der Waals surface area contributed by atoms with Gasteiger partial charge in [-0.05, 0) is 63.4 Å². The Morgan fingerprint density at radius 1 is 1.27 bits per heavy atom. The predicted molar refractivity (Wildman–Crippen MR) is 91.8 cm³/mol. The molecule has 0 spiro atoms. The van der Waals surface area contributed by atoms with Gasteiger partial charge in [-0.1, -0.05) is 13.0 Å². The van der Waals surface area contributed by atoms with Gasteiger partial charge < -0.3 is 10.6 Å². The minimum Gasteiger partial charge on any atom is -0.398 e. The summed E-state index contributed by atoms with van der Waals surface area (Å²) in [4.78, 5) is 16.6. The van der Waals surface area contributed by atoms with Crippen molar-refractivity contribution in [1.82, 2.24) is 9.80 Å². The van der Waals surface area contributed by atoms with Crippen LogP contribution in [0.5, 0.6) is 0 Å². The van der Waals surface area contributed by atoms with Crippen molar-refractivity contribution >= 4 is 11.6 Å². The van der Waals surface area contributed by atoms with Crippen molar-refractivity contribution in [3.8, 4) is 0 Å². The van der Waals surface area contributed by atoms with Crippen LogP contribution in [0.25, 0.3) is 0 Å². The zero-order valence-electron chi connectivity index (χ0n) is 14.1. The summed E-state index contributed by atoms with van der Waals surface area (Å²) in [6.45, 7) is 10.9. The fourth-order valence-electron chi connectivity index (χ4n) is 3.03. The van der Waals surface area contributed by atoms with Gasteiger partial charge in [-0.25, -0.2) is 0 Å². The van der Waals surface area contributed by atoms with Gasteiger partial charge in [0, 0.05) is 30.9 Å². The lowest BCUT2D eigenvalue weighted by atomic mass is 9.98. The molecule has 0 unspecified atom stereocenters. The van der Waals surface area contributed by atoms with Crippen LogP contribution in [0.15, 0.2) is 18.2 Å². The van der Waals surface area contributed by atoms with E-state index in [9.17, 15) is 4.79 Å². The molecule has 4 nitrogen and oxygen atoms in total. The van der Waals surface area contributed by atoms with Gasteiger partial charge in [0.1, 0.15) is 0 Å². The molecule has 0 saturated carbocycles. The first-order valence-corrected chi connectivity index (χ1v) is 8.45. The fraction of sp³-hybridized carbons (Fsp3) is 0.611. The summed E-state index contributed by atoms with van der Waals surface area (Å²) in [5, 5.41) is 0. The minimum absolute atomic E-state index is 0.0649. The van der Waals surface area contributed by atoms with Crippen LogP contribution in [0.2, 0.25) is 0 Å². The number of rotatable bonds is 5. The van der Waals surface area contributed by atoms with Crippen molar-refractivity contribution in [3.63, 3.8) is 0 Å². The van der Waals surface area contributed by atoms with Crippen LogP contribution in [-0.4, -0.2) is 41.9 Å². The second kappa shape index (κ2) is 7.63.